The van der Waals surface area contributed by atoms with Crippen molar-refractivity contribution in [3.63, 3.8) is 0 Å². The molecule has 0 aliphatic carbocycles. The van der Waals surface area contributed by atoms with Gasteiger partial charge in [0.05, 0.1) is 16.3 Å². The number of nitro groups is 1. The number of nitrogens with one attached hydrogen (secondary N) is 1. The molecule has 1 aromatic rings. The predicted octanol–water partition coefficient (Wildman–Crippen LogP) is 1.56. The van der Waals surface area contributed by atoms with Gasteiger partial charge in [-0.05, 0) is 12.5 Å². The molecule has 0 unspecified atom stereocenters. The number of hydrogen-bond acceptors (Lipinski definition) is 6. The molecule has 0 aromatic heterocycles. The number of non-ortho nitro benzene ring substituents is 1. The largest absolute Gasteiger partial charge is 0.733 e. The Balaban J connectivity index is 3.38. The Morgan fingerprint density at radius 2 is 2.12 bits per heavy atom. The van der Waals surface area contributed by atoms with E-state index in [2.05, 4.69) is 5.32 Å². The van der Waals surface area contributed by atoms with E-state index in [4.69, 9.17) is 5.21 Å². The van der Waals surface area contributed by atoms with Crippen molar-refractivity contribution in [1.82, 2.24) is 0 Å². The molecule has 8 nitrogen and oxygen atoms in total. The summed E-state index contributed by atoms with van der Waals surface area (Å²) in [5.74, 6) is -0.454. The topological polar surface area (TPSA) is 119 Å². The molecule has 17 heavy (non-hydrogen) atoms. The van der Waals surface area contributed by atoms with Gasteiger partial charge in [-0.25, -0.2) is 0 Å². The van der Waals surface area contributed by atoms with Gasteiger partial charge in [0.15, 0.2) is 0 Å². The van der Waals surface area contributed by atoms with Gasteiger partial charge in [-0.3, -0.25) is 20.1 Å². The van der Waals surface area contributed by atoms with Crippen molar-refractivity contribution in [1.29, 1.82) is 0 Å². The van der Waals surface area contributed by atoms with Crippen LogP contribution < -0.4 is 10.5 Å². The number of hydrogen-bond donors (Lipinski definition) is 2. The van der Waals surface area contributed by atoms with Gasteiger partial charge in [-0.2, -0.15) is 0 Å². The van der Waals surface area contributed by atoms with Crippen molar-refractivity contribution in [3.8, 4) is 0 Å². The Bertz CT molecular complexity index is 472. The molecule has 1 amide bonds. The summed E-state index contributed by atoms with van der Waals surface area (Å²) in [6, 6.07) is 2.07. The van der Waals surface area contributed by atoms with Crippen LogP contribution in [-0.4, -0.2) is 16.0 Å². The Morgan fingerprint density at radius 1 is 1.53 bits per heavy atom. The SMILES string of the molecule is CC(=O)Nc1c(C)cc([N+](=O)[O-])cc1N([O-])O. The average Bonchev–Trinajstić information content (AvgIpc) is 2.19. The third-order valence-corrected chi connectivity index (χ3v) is 2.02. The van der Waals surface area contributed by atoms with Crippen LogP contribution in [0.3, 0.4) is 0 Å². The van der Waals surface area contributed by atoms with Crippen molar-refractivity contribution < 1.29 is 14.9 Å². The number of aryl methyl sites for hydroxylation is 1. The number of benzene rings is 1. The summed E-state index contributed by atoms with van der Waals surface area (Å²) in [6.45, 7) is 2.70. The van der Waals surface area contributed by atoms with E-state index in [9.17, 15) is 20.1 Å². The monoisotopic (exact) mass is 240 g/mol. The Kier molecular flexibility index (Phi) is 3.61. The summed E-state index contributed by atoms with van der Waals surface area (Å²) >= 11 is 0. The molecule has 1 rings (SSSR count). The third kappa shape index (κ3) is 2.89. The molecule has 0 bridgehead atoms. The van der Waals surface area contributed by atoms with Gasteiger partial charge < -0.3 is 15.8 Å². The lowest BCUT2D eigenvalue weighted by Crippen LogP contribution is -2.15. The smallest absolute Gasteiger partial charge is 0.271 e. The highest BCUT2D eigenvalue weighted by Gasteiger charge is 2.15. The van der Waals surface area contributed by atoms with Gasteiger partial charge in [-0.15, -0.1) is 0 Å². The molecule has 0 fully saturated rings. The first-order chi connectivity index (χ1) is 7.82. The summed E-state index contributed by atoms with van der Waals surface area (Å²) in [7, 11) is 0. The zero-order valence-corrected chi connectivity index (χ0v) is 9.13. The first-order valence-electron chi connectivity index (χ1n) is 4.55. The lowest BCUT2D eigenvalue weighted by molar-refractivity contribution is -0.384. The molecular formula is C9H10N3O5-. The molecule has 0 spiro atoms. The van der Waals surface area contributed by atoms with Crippen LogP contribution in [0.15, 0.2) is 12.1 Å². The van der Waals surface area contributed by atoms with Crippen molar-refractivity contribution in [2.45, 2.75) is 13.8 Å². The van der Waals surface area contributed by atoms with Crippen LogP contribution in [0.2, 0.25) is 0 Å². The van der Waals surface area contributed by atoms with Gasteiger partial charge in [0.25, 0.3) is 5.69 Å². The highest BCUT2D eigenvalue weighted by atomic mass is 16.8. The number of rotatable bonds is 3. The molecule has 1 aromatic carbocycles. The molecule has 0 atom stereocenters. The molecular weight excluding hydrogens is 230 g/mol. The molecule has 0 saturated carbocycles. The van der Waals surface area contributed by atoms with Crippen LogP contribution in [0.25, 0.3) is 0 Å². The predicted molar refractivity (Wildman–Crippen MR) is 59.8 cm³/mol. The van der Waals surface area contributed by atoms with E-state index < -0.39 is 16.1 Å². The number of anilines is 2. The number of amides is 1. The van der Waals surface area contributed by atoms with Crippen LogP contribution in [0.5, 0.6) is 0 Å². The van der Waals surface area contributed by atoms with E-state index >= 15 is 0 Å². The lowest BCUT2D eigenvalue weighted by Gasteiger charge is -2.25. The van der Waals surface area contributed by atoms with Crippen molar-refractivity contribution >= 4 is 23.0 Å². The highest BCUT2D eigenvalue weighted by Crippen LogP contribution is 2.32. The quantitative estimate of drug-likeness (QED) is 0.611. The molecule has 0 aliphatic heterocycles. The van der Waals surface area contributed by atoms with Crippen molar-refractivity contribution in [3.05, 3.63) is 33.0 Å². The highest BCUT2D eigenvalue weighted by molar-refractivity contribution is 5.94. The van der Waals surface area contributed by atoms with Crippen molar-refractivity contribution in [2.75, 3.05) is 10.5 Å². The van der Waals surface area contributed by atoms with Crippen LogP contribution in [0, 0.1) is 22.2 Å². The normalized spacial score (nSPS) is 9.88. The second-order valence-corrected chi connectivity index (χ2v) is 3.37. The van der Waals surface area contributed by atoms with Gasteiger partial charge in [0, 0.05) is 19.1 Å². The van der Waals surface area contributed by atoms with Crippen LogP contribution in [0.4, 0.5) is 17.1 Å². The number of nitrogens with zero attached hydrogens (tertiary/aromatic N) is 2. The first kappa shape index (κ1) is 12.9. The fourth-order valence-electron chi connectivity index (χ4n) is 1.34. The first-order valence-corrected chi connectivity index (χ1v) is 4.55. The Hall–Kier alpha value is -2.19. The van der Waals surface area contributed by atoms with E-state index in [-0.39, 0.29) is 17.1 Å². The molecule has 0 heterocycles. The molecule has 0 aliphatic rings. The maximum atomic E-state index is 10.9. The second-order valence-electron chi connectivity index (χ2n) is 3.37. The van der Waals surface area contributed by atoms with Crippen LogP contribution in [0.1, 0.15) is 12.5 Å². The minimum Gasteiger partial charge on any atom is -0.733 e. The van der Waals surface area contributed by atoms with E-state index in [1.54, 1.807) is 0 Å². The number of carbonyl (C=O) groups is 1. The molecule has 0 saturated heterocycles. The second kappa shape index (κ2) is 4.76. The molecule has 8 heteroatoms. The zero-order chi connectivity index (χ0) is 13.2. The minimum atomic E-state index is -0.697. The van der Waals surface area contributed by atoms with Gasteiger partial charge in [-0.1, -0.05) is 0 Å². The number of nitro benzene ring substituents is 1. The Labute approximate surface area is 96.1 Å². The number of carbonyl (C=O) groups excluding carboxylic acids is 1. The maximum Gasteiger partial charge on any atom is 0.271 e. The lowest BCUT2D eigenvalue weighted by atomic mass is 10.1. The maximum absolute atomic E-state index is 10.9. The van der Waals surface area contributed by atoms with Crippen LogP contribution in [-0.2, 0) is 4.79 Å². The summed E-state index contributed by atoms with van der Waals surface area (Å²) in [5, 5.41) is 32.1. The zero-order valence-electron chi connectivity index (χ0n) is 9.13. The summed E-state index contributed by atoms with van der Waals surface area (Å²) in [6.07, 6.45) is 0. The van der Waals surface area contributed by atoms with Crippen LogP contribution >= 0.6 is 0 Å². The summed E-state index contributed by atoms with van der Waals surface area (Å²) < 4.78 is 0. The fraction of sp³-hybridized carbons (Fsp3) is 0.222. The average molecular weight is 240 g/mol. The van der Waals surface area contributed by atoms with Crippen molar-refractivity contribution in [2.24, 2.45) is 0 Å². The molecule has 92 valence electrons. The third-order valence-electron chi connectivity index (χ3n) is 2.02. The Morgan fingerprint density at radius 3 is 2.53 bits per heavy atom. The van der Waals surface area contributed by atoms with E-state index in [1.165, 1.54) is 19.9 Å². The van der Waals surface area contributed by atoms with E-state index in [0.717, 1.165) is 6.07 Å². The molecule has 2 N–H and O–H groups in total. The molecule has 0 radical (unpaired) electrons. The minimum absolute atomic E-state index is 0.0422. The van der Waals surface area contributed by atoms with E-state index in [0.29, 0.717) is 5.56 Å². The van der Waals surface area contributed by atoms with E-state index in [1.807, 2.05) is 0 Å². The standard InChI is InChI=1S/C9H10N3O5/c1-5-3-7(11(14)15)4-8(12(16)17)9(5)10-6(2)13/h3-4,16H,1-2H3,(H,10,13)/q-1. The van der Waals surface area contributed by atoms with Gasteiger partial charge >= 0.3 is 0 Å². The fourth-order valence-corrected chi connectivity index (χ4v) is 1.34. The van der Waals surface area contributed by atoms with Gasteiger partial charge in [0.2, 0.25) is 5.91 Å². The summed E-state index contributed by atoms with van der Waals surface area (Å²) in [4.78, 5) is 20.8. The van der Waals surface area contributed by atoms with Gasteiger partial charge in [0.1, 0.15) is 0 Å². The summed E-state index contributed by atoms with van der Waals surface area (Å²) in [5.41, 5.74) is -0.381.